The van der Waals surface area contributed by atoms with Gasteiger partial charge < -0.3 is 24.3 Å². The fraction of sp³-hybridized carbons (Fsp3) is 0.250. The van der Waals surface area contributed by atoms with Crippen LogP contribution in [0.15, 0.2) is 71.3 Å². The second kappa shape index (κ2) is 12.2. The van der Waals surface area contributed by atoms with E-state index in [2.05, 4.69) is 20.3 Å². The molecule has 4 aromatic rings. The van der Waals surface area contributed by atoms with Crippen molar-refractivity contribution in [3.63, 3.8) is 0 Å². The molecule has 0 aliphatic carbocycles. The number of nitrogens with one attached hydrogen (secondary N) is 1. The minimum Gasteiger partial charge on any atom is -0.459 e. The molecule has 0 spiro atoms. The van der Waals surface area contributed by atoms with Gasteiger partial charge in [0.25, 0.3) is 11.8 Å². The molecule has 1 fully saturated rings. The summed E-state index contributed by atoms with van der Waals surface area (Å²) in [5.74, 6) is -0.828. The van der Waals surface area contributed by atoms with Gasteiger partial charge in [-0.15, -0.1) is 0 Å². The van der Waals surface area contributed by atoms with Crippen molar-refractivity contribution >= 4 is 17.8 Å². The highest BCUT2D eigenvalue weighted by molar-refractivity contribution is 5.96. The highest BCUT2D eigenvalue weighted by Gasteiger charge is 2.30. The van der Waals surface area contributed by atoms with Gasteiger partial charge in [-0.3, -0.25) is 9.59 Å². The van der Waals surface area contributed by atoms with Gasteiger partial charge in [0.15, 0.2) is 18.2 Å². The maximum Gasteiger partial charge on any atom is 0.422 e. The Morgan fingerprint density at radius 3 is 2.29 bits per heavy atom. The number of furan rings is 1. The molecule has 0 saturated carbocycles. The van der Waals surface area contributed by atoms with Crippen molar-refractivity contribution in [1.29, 1.82) is 0 Å². The third kappa shape index (κ3) is 7.19. The maximum atomic E-state index is 13.3. The number of carbonyl (C=O) groups is 2. The van der Waals surface area contributed by atoms with E-state index >= 15 is 0 Å². The van der Waals surface area contributed by atoms with E-state index < -0.39 is 24.6 Å². The summed E-state index contributed by atoms with van der Waals surface area (Å²) in [6.45, 7) is -0.221. The first-order valence-corrected chi connectivity index (χ1v) is 12.8. The molecule has 2 amide bonds. The number of benzene rings is 2. The van der Waals surface area contributed by atoms with Crippen molar-refractivity contribution in [2.24, 2.45) is 0 Å². The Bertz CT molecular complexity index is 1540. The number of anilines is 1. The van der Waals surface area contributed by atoms with Crippen LogP contribution in [0.3, 0.4) is 0 Å². The number of ether oxygens (including phenoxy) is 1. The highest BCUT2D eigenvalue weighted by atomic mass is 19.4. The predicted octanol–water partition coefficient (Wildman–Crippen LogP) is 4.42. The second-order valence-corrected chi connectivity index (χ2v) is 9.29. The molecule has 10 nitrogen and oxygen atoms in total. The normalized spacial score (nSPS) is 13.6. The number of amides is 2. The fourth-order valence-electron chi connectivity index (χ4n) is 4.20. The topological polar surface area (TPSA) is 114 Å². The molecule has 0 atom stereocenters. The number of hydrogen-bond acceptors (Lipinski definition) is 8. The molecule has 1 aliphatic heterocycles. The lowest BCUT2D eigenvalue weighted by Crippen LogP contribution is -2.50. The van der Waals surface area contributed by atoms with E-state index in [9.17, 15) is 27.2 Å². The number of hydrogen-bond donors (Lipinski definition) is 1. The van der Waals surface area contributed by atoms with E-state index in [4.69, 9.17) is 9.15 Å². The Morgan fingerprint density at radius 1 is 0.905 bits per heavy atom. The standard InChI is InChI=1S/C28H24F4N6O4/c29-21-8-6-18(7-9-21)16-33-26-34-23(35-27(36-26)42-17-28(30,31)32)19-3-1-4-20(15-19)24(39)37-10-12-38(13-11-37)25(40)22-5-2-14-41-22/h1-9,14-15H,10-13,16-17H2,(H,33,34,35,36). The number of halogens is 4. The Balaban J connectivity index is 1.32. The largest absolute Gasteiger partial charge is 0.459 e. The molecule has 5 rings (SSSR count). The third-order valence-corrected chi connectivity index (χ3v) is 6.30. The first-order valence-electron chi connectivity index (χ1n) is 12.8. The molecular weight excluding hydrogens is 560 g/mol. The molecule has 2 aromatic carbocycles. The minimum atomic E-state index is -4.62. The Hall–Kier alpha value is -5.01. The van der Waals surface area contributed by atoms with Crippen molar-refractivity contribution in [3.8, 4) is 17.4 Å². The molecule has 218 valence electrons. The van der Waals surface area contributed by atoms with Crippen LogP contribution in [0.2, 0.25) is 0 Å². The minimum absolute atomic E-state index is 0.0210. The van der Waals surface area contributed by atoms with Gasteiger partial charge in [0, 0.05) is 43.9 Å². The summed E-state index contributed by atoms with van der Waals surface area (Å²) in [6, 6.07) is 14.6. The molecule has 0 unspecified atom stereocenters. The van der Waals surface area contributed by atoms with E-state index in [0.29, 0.717) is 42.9 Å². The summed E-state index contributed by atoms with van der Waals surface area (Å²) in [5, 5.41) is 2.88. The lowest BCUT2D eigenvalue weighted by atomic mass is 10.1. The third-order valence-electron chi connectivity index (χ3n) is 6.30. The quantitative estimate of drug-likeness (QED) is 0.303. The van der Waals surface area contributed by atoms with Crippen molar-refractivity contribution in [2.45, 2.75) is 12.7 Å². The van der Waals surface area contributed by atoms with Gasteiger partial charge in [0.05, 0.1) is 6.26 Å². The van der Waals surface area contributed by atoms with E-state index in [1.807, 2.05) is 0 Å². The first kappa shape index (κ1) is 28.5. The molecule has 14 heteroatoms. The molecule has 2 aromatic heterocycles. The number of aromatic nitrogens is 3. The Kier molecular flexibility index (Phi) is 8.31. The summed E-state index contributed by atoms with van der Waals surface area (Å²) in [4.78, 5) is 41.3. The van der Waals surface area contributed by atoms with Crippen LogP contribution in [0.5, 0.6) is 6.01 Å². The summed E-state index contributed by atoms with van der Waals surface area (Å²) in [7, 11) is 0. The summed E-state index contributed by atoms with van der Waals surface area (Å²) in [6.07, 6.45) is -3.20. The SMILES string of the molecule is O=C(c1cccc(-c2nc(NCc3ccc(F)cc3)nc(OCC(F)(F)F)n2)c1)N1CCN(C(=O)c2ccco2)CC1. The van der Waals surface area contributed by atoms with Crippen LogP contribution in [0.1, 0.15) is 26.5 Å². The molecule has 1 aliphatic rings. The van der Waals surface area contributed by atoms with Gasteiger partial charge >= 0.3 is 12.2 Å². The molecule has 0 radical (unpaired) electrons. The fourth-order valence-corrected chi connectivity index (χ4v) is 4.20. The van der Waals surface area contributed by atoms with Gasteiger partial charge in [-0.2, -0.15) is 28.1 Å². The van der Waals surface area contributed by atoms with Gasteiger partial charge in [-0.1, -0.05) is 24.3 Å². The van der Waals surface area contributed by atoms with Gasteiger partial charge in [0.1, 0.15) is 5.82 Å². The lowest BCUT2D eigenvalue weighted by molar-refractivity contribution is -0.154. The highest BCUT2D eigenvalue weighted by Crippen LogP contribution is 2.23. The van der Waals surface area contributed by atoms with Crippen molar-refractivity contribution in [2.75, 3.05) is 38.1 Å². The number of rotatable bonds is 8. The smallest absolute Gasteiger partial charge is 0.422 e. The zero-order valence-corrected chi connectivity index (χ0v) is 22.0. The van der Waals surface area contributed by atoms with E-state index in [1.165, 1.54) is 36.6 Å². The van der Waals surface area contributed by atoms with Crippen LogP contribution in [-0.2, 0) is 6.54 Å². The second-order valence-electron chi connectivity index (χ2n) is 9.29. The molecule has 1 N–H and O–H groups in total. The summed E-state index contributed by atoms with van der Waals surface area (Å²) < 4.78 is 61.6. The molecule has 3 heterocycles. The first-order chi connectivity index (χ1) is 20.1. The van der Waals surface area contributed by atoms with Gasteiger partial charge in [-0.25, -0.2) is 4.39 Å². The zero-order chi connectivity index (χ0) is 29.7. The number of alkyl halides is 3. The summed E-state index contributed by atoms with van der Waals surface area (Å²) in [5.41, 5.74) is 1.32. The monoisotopic (exact) mass is 584 g/mol. The Labute approximate surface area is 237 Å². The zero-order valence-electron chi connectivity index (χ0n) is 22.0. The van der Waals surface area contributed by atoms with E-state index in [-0.39, 0.29) is 35.9 Å². The summed E-state index contributed by atoms with van der Waals surface area (Å²) >= 11 is 0. The van der Waals surface area contributed by atoms with Crippen LogP contribution >= 0.6 is 0 Å². The predicted molar refractivity (Wildman–Crippen MR) is 141 cm³/mol. The maximum absolute atomic E-state index is 13.3. The van der Waals surface area contributed by atoms with E-state index in [0.717, 1.165) is 0 Å². The van der Waals surface area contributed by atoms with Crippen LogP contribution in [0.25, 0.3) is 11.4 Å². The number of piperazine rings is 1. The number of nitrogens with zero attached hydrogens (tertiary/aromatic N) is 5. The van der Waals surface area contributed by atoms with Crippen LogP contribution < -0.4 is 10.1 Å². The molecule has 0 bridgehead atoms. The van der Waals surface area contributed by atoms with Crippen LogP contribution in [0.4, 0.5) is 23.5 Å². The molecule has 42 heavy (non-hydrogen) atoms. The Morgan fingerprint density at radius 2 is 1.62 bits per heavy atom. The van der Waals surface area contributed by atoms with Gasteiger partial charge in [-0.05, 0) is 42.0 Å². The average molecular weight is 585 g/mol. The van der Waals surface area contributed by atoms with Crippen molar-refractivity contribution in [1.82, 2.24) is 24.8 Å². The van der Waals surface area contributed by atoms with Crippen molar-refractivity contribution < 1.29 is 36.3 Å². The van der Waals surface area contributed by atoms with Crippen LogP contribution in [-0.4, -0.2) is 75.5 Å². The molecule has 1 saturated heterocycles. The van der Waals surface area contributed by atoms with E-state index in [1.54, 1.807) is 40.1 Å². The average Bonchev–Trinajstić information content (AvgIpc) is 3.54. The molecular formula is C28H24F4N6O4. The number of carbonyl (C=O) groups excluding carboxylic acids is 2. The van der Waals surface area contributed by atoms with Crippen molar-refractivity contribution in [3.05, 3.63) is 89.6 Å². The van der Waals surface area contributed by atoms with Crippen LogP contribution in [0, 0.1) is 5.82 Å². The lowest BCUT2D eigenvalue weighted by Gasteiger charge is -2.34. The van der Waals surface area contributed by atoms with Gasteiger partial charge in [0.2, 0.25) is 5.95 Å².